The van der Waals surface area contributed by atoms with Crippen LogP contribution in [0.3, 0.4) is 0 Å². The first-order chi connectivity index (χ1) is 11.2. The highest BCUT2D eigenvalue weighted by atomic mass is 16.6. The largest absolute Gasteiger partial charge is 0.381 e. The smallest absolute Gasteiger partial charge is 0.278 e. The Morgan fingerprint density at radius 2 is 1.87 bits per heavy atom. The highest BCUT2D eigenvalue weighted by molar-refractivity contribution is 6.32. The normalized spacial score (nSPS) is 22.8. The molecule has 6 nitrogen and oxygen atoms in total. The molecule has 1 aromatic heterocycles. The first-order valence-corrected chi connectivity index (χ1v) is 7.25. The van der Waals surface area contributed by atoms with E-state index in [-0.39, 0.29) is 11.8 Å². The second-order valence-electron chi connectivity index (χ2n) is 5.57. The lowest BCUT2D eigenvalue weighted by atomic mass is 9.95. The lowest BCUT2D eigenvalue weighted by Gasteiger charge is -2.15. The molecule has 4 rings (SSSR count). The van der Waals surface area contributed by atoms with E-state index < -0.39 is 12.0 Å². The van der Waals surface area contributed by atoms with Crippen LogP contribution in [0.2, 0.25) is 0 Å². The van der Waals surface area contributed by atoms with Crippen molar-refractivity contribution < 1.29 is 14.4 Å². The molecule has 1 aromatic carbocycles. The molecule has 0 N–H and O–H groups in total. The number of aryl methyl sites for hydroxylation is 1. The van der Waals surface area contributed by atoms with E-state index in [4.69, 9.17) is 4.84 Å². The third kappa shape index (κ3) is 2.03. The molecule has 0 saturated carbocycles. The molecule has 0 aliphatic carbocycles. The minimum atomic E-state index is -0.890. The molecule has 23 heavy (non-hydrogen) atoms. The predicted molar refractivity (Wildman–Crippen MR) is 82.8 cm³/mol. The van der Waals surface area contributed by atoms with Crippen LogP contribution in [0.25, 0.3) is 0 Å². The Balaban J connectivity index is 1.71. The van der Waals surface area contributed by atoms with Crippen molar-refractivity contribution >= 4 is 23.2 Å². The number of nitrogens with zero attached hydrogens (tertiary/aromatic N) is 3. The van der Waals surface area contributed by atoms with Crippen LogP contribution in [-0.2, 0) is 14.4 Å². The van der Waals surface area contributed by atoms with Gasteiger partial charge in [0.1, 0.15) is 11.6 Å². The molecule has 0 radical (unpaired) electrons. The topological polar surface area (TPSA) is 71.9 Å². The van der Waals surface area contributed by atoms with Crippen molar-refractivity contribution in [3.8, 4) is 0 Å². The summed E-state index contributed by atoms with van der Waals surface area (Å²) in [4.78, 5) is 35.8. The molecule has 2 aliphatic rings. The first-order valence-electron chi connectivity index (χ1n) is 7.25. The molecule has 114 valence electrons. The SMILES string of the molecule is Cc1ccc(N2C(=O)[C@@H]3C(c4cccnc4)=NO[C@H]3C2=O)cc1. The highest BCUT2D eigenvalue weighted by Gasteiger charge is 2.56. The van der Waals surface area contributed by atoms with Crippen molar-refractivity contribution in [3.63, 3.8) is 0 Å². The van der Waals surface area contributed by atoms with Gasteiger partial charge in [-0.3, -0.25) is 14.6 Å². The Labute approximate surface area is 132 Å². The minimum absolute atomic E-state index is 0.316. The molecular formula is C17H13N3O3. The van der Waals surface area contributed by atoms with E-state index in [0.29, 0.717) is 17.0 Å². The average molecular weight is 307 g/mol. The second kappa shape index (κ2) is 5.01. The third-order valence-corrected chi connectivity index (χ3v) is 4.06. The van der Waals surface area contributed by atoms with Gasteiger partial charge in [0.15, 0.2) is 0 Å². The highest BCUT2D eigenvalue weighted by Crippen LogP contribution is 2.34. The molecule has 2 atom stereocenters. The maximum Gasteiger partial charge on any atom is 0.278 e. The summed E-state index contributed by atoms with van der Waals surface area (Å²) in [5.41, 5.74) is 2.75. The van der Waals surface area contributed by atoms with E-state index in [2.05, 4.69) is 10.1 Å². The summed E-state index contributed by atoms with van der Waals surface area (Å²) in [5, 5.41) is 3.94. The van der Waals surface area contributed by atoms with E-state index in [0.717, 1.165) is 5.56 Å². The summed E-state index contributed by atoms with van der Waals surface area (Å²) in [6.45, 7) is 1.95. The van der Waals surface area contributed by atoms with Gasteiger partial charge < -0.3 is 4.84 Å². The number of benzene rings is 1. The van der Waals surface area contributed by atoms with E-state index in [1.807, 2.05) is 19.1 Å². The van der Waals surface area contributed by atoms with Crippen LogP contribution >= 0.6 is 0 Å². The van der Waals surface area contributed by atoms with Gasteiger partial charge in [-0.15, -0.1) is 0 Å². The number of pyridine rings is 1. The maximum atomic E-state index is 12.8. The van der Waals surface area contributed by atoms with Crippen LogP contribution in [0.5, 0.6) is 0 Å². The van der Waals surface area contributed by atoms with Gasteiger partial charge >= 0.3 is 0 Å². The quantitative estimate of drug-likeness (QED) is 0.791. The number of fused-ring (bicyclic) bond motifs is 1. The Hall–Kier alpha value is -3.02. The molecule has 0 unspecified atom stereocenters. The van der Waals surface area contributed by atoms with Crippen molar-refractivity contribution in [1.29, 1.82) is 0 Å². The van der Waals surface area contributed by atoms with Crippen LogP contribution in [0.15, 0.2) is 53.9 Å². The summed E-state index contributed by atoms with van der Waals surface area (Å²) >= 11 is 0. The molecule has 0 bridgehead atoms. The Kier molecular flexibility index (Phi) is 2.97. The molecule has 1 saturated heterocycles. The van der Waals surface area contributed by atoms with E-state index in [1.165, 1.54) is 4.90 Å². The standard InChI is InChI=1S/C17H13N3O3/c1-10-4-6-12(7-5-10)20-16(21)13-14(11-3-2-8-18-9-11)19-23-15(13)17(20)22/h2-9,13,15H,1H3/t13-,15-/m1/s1. The number of hydrogen-bond acceptors (Lipinski definition) is 5. The summed E-state index contributed by atoms with van der Waals surface area (Å²) in [5.74, 6) is -1.41. The van der Waals surface area contributed by atoms with Gasteiger partial charge in [-0.05, 0) is 31.2 Å². The number of carbonyl (C=O) groups excluding carboxylic acids is 2. The van der Waals surface area contributed by atoms with Crippen LogP contribution < -0.4 is 4.90 Å². The molecule has 6 heteroatoms. The number of rotatable bonds is 2. The fraction of sp³-hybridized carbons (Fsp3) is 0.176. The number of imide groups is 1. The maximum absolute atomic E-state index is 12.8. The van der Waals surface area contributed by atoms with Crippen LogP contribution in [0.1, 0.15) is 11.1 Å². The number of hydrogen-bond donors (Lipinski definition) is 0. The van der Waals surface area contributed by atoms with Crippen LogP contribution in [0.4, 0.5) is 5.69 Å². The van der Waals surface area contributed by atoms with Crippen LogP contribution in [-0.4, -0.2) is 28.6 Å². The number of aromatic nitrogens is 1. The van der Waals surface area contributed by atoms with Crippen molar-refractivity contribution in [1.82, 2.24) is 4.98 Å². The fourth-order valence-electron chi connectivity index (χ4n) is 2.88. The van der Waals surface area contributed by atoms with Crippen molar-refractivity contribution in [3.05, 3.63) is 59.9 Å². The third-order valence-electron chi connectivity index (χ3n) is 4.06. The van der Waals surface area contributed by atoms with Crippen molar-refractivity contribution in [2.75, 3.05) is 4.90 Å². The second-order valence-corrected chi connectivity index (χ2v) is 5.57. The Bertz CT molecular complexity index is 815. The zero-order valence-corrected chi connectivity index (χ0v) is 12.3. The fourth-order valence-corrected chi connectivity index (χ4v) is 2.88. The molecule has 1 fully saturated rings. The summed E-state index contributed by atoms with van der Waals surface area (Å²) < 4.78 is 0. The zero-order valence-electron chi connectivity index (χ0n) is 12.3. The number of anilines is 1. The molecule has 0 spiro atoms. The lowest BCUT2D eigenvalue weighted by molar-refractivity contribution is -0.126. The van der Waals surface area contributed by atoms with Gasteiger partial charge in [-0.1, -0.05) is 22.9 Å². The van der Waals surface area contributed by atoms with Gasteiger partial charge in [0.05, 0.1) is 5.69 Å². The zero-order chi connectivity index (χ0) is 16.0. The van der Waals surface area contributed by atoms with Gasteiger partial charge in [0.25, 0.3) is 5.91 Å². The summed E-state index contributed by atoms with van der Waals surface area (Å²) in [6, 6.07) is 10.8. The molecule has 2 aromatic rings. The van der Waals surface area contributed by atoms with Crippen molar-refractivity contribution in [2.24, 2.45) is 11.1 Å². The number of oxime groups is 1. The predicted octanol–water partition coefficient (Wildman–Crippen LogP) is 1.68. The van der Waals surface area contributed by atoms with Gasteiger partial charge in [0, 0.05) is 18.0 Å². The Morgan fingerprint density at radius 3 is 2.57 bits per heavy atom. The summed E-state index contributed by atoms with van der Waals surface area (Å²) in [6.07, 6.45) is 2.35. The number of carbonyl (C=O) groups is 2. The van der Waals surface area contributed by atoms with Gasteiger partial charge in [-0.2, -0.15) is 0 Å². The first kappa shape index (κ1) is 13.6. The molecule has 2 aliphatic heterocycles. The molecule has 3 heterocycles. The van der Waals surface area contributed by atoms with E-state index >= 15 is 0 Å². The van der Waals surface area contributed by atoms with Crippen LogP contribution in [0, 0.1) is 12.8 Å². The monoisotopic (exact) mass is 307 g/mol. The number of amides is 2. The summed E-state index contributed by atoms with van der Waals surface area (Å²) in [7, 11) is 0. The van der Waals surface area contributed by atoms with Crippen molar-refractivity contribution in [2.45, 2.75) is 13.0 Å². The average Bonchev–Trinajstić information content (AvgIpc) is 3.11. The lowest BCUT2D eigenvalue weighted by Crippen LogP contribution is -2.33. The van der Waals surface area contributed by atoms with E-state index in [9.17, 15) is 9.59 Å². The van der Waals surface area contributed by atoms with Gasteiger partial charge in [0.2, 0.25) is 12.0 Å². The molecular weight excluding hydrogens is 294 g/mol. The minimum Gasteiger partial charge on any atom is -0.381 e. The Morgan fingerprint density at radius 1 is 1.09 bits per heavy atom. The van der Waals surface area contributed by atoms with E-state index in [1.54, 1.807) is 36.7 Å². The van der Waals surface area contributed by atoms with Gasteiger partial charge in [-0.25, -0.2) is 4.90 Å². The molecule has 2 amide bonds.